The van der Waals surface area contributed by atoms with Crippen molar-refractivity contribution in [2.75, 3.05) is 5.32 Å². The minimum absolute atomic E-state index is 0.0265. The van der Waals surface area contributed by atoms with Crippen molar-refractivity contribution in [3.8, 4) is 0 Å². The van der Waals surface area contributed by atoms with Crippen LogP contribution >= 0.6 is 15.9 Å². The number of benzene rings is 3. The van der Waals surface area contributed by atoms with Gasteiger partial charge in [0.1, 0.15) is 0 Å². The summed E-state index contributed by atoms with van der Waals surface area (Å²) in [5.41, 5.74) is 2.88. The van der Waals surface area contributed by atoms with Crippen LogP contribution in [-0.2, 0) is 0 Å². The molecule has 1 atom stereocenters. The number of anilines is 1. The Bertz CT molecular complexity index is 887. The van der Waals surface area contributed by atoms with E-state index in [0.717, 1.165) is 32.1 Å². The van der Waals surface area contributed by atoms with E-state index in [0.29, 0.717) is 6.42 Å². The van der Waals surface area contributed by atoms with Crippen molar-refractivity contribution in [2.24, 2.45) is 0 Å². The minimum atomic E-state index is 0.0265. The number of carbonyl (C=O) groups is 1. The third-order valence-electron chi connectivity index (χ3n) is 4.18. The zero-order valence-electron chi connectivity index (χ0n) is 11.8. The van der Waals surface area contributed by atoms with Gasteiger partial charge in [-0.3, -0.25) is 4.79 Å². The molecule has 108 valence electrons. The Labute approximate surface area is 137 Å². The topological polar surface area (TPSA) is 29.1 Å². The number of fused-ring (bicyclic) bond motifs is 3. The molecule has 0 amide bonds. The van der Waals surface area contributed by atoms with Crippen LogP contribution in [0.25, 0.3) is 10.8 Å². The van der Waals surface area contributed by atoms with Crippen LogP contribution in [0.2, 0.25) is 0 Å². The number of Topliss-reactive ketones (excluding diaryl/α,β-unsaturated/α-hetero) is 1. The Balaban J connectivity index is 1.81. The maximum atomic E-state index is 12.7. The van der Waals surface area contributed by atoms with Crippen molar-refractivity contribution >= 4 is 38.2 Å². The Morgan fingerprint density at radius 2 is 1.86 bits per heavy atom. The van der Waals surface area contributed by atoms with Gasteiger partial charge in [-0.2, -0.15) is 0 Å². The van der Waals surface area contributed by atoms with Crippen LogP contribution in [0.3, 0.4) is 0 Å². The standard InChI is InChI=1S/C19H14BrNO/c20-14-6-3-5-13(10-14)17-11-18(22)19-15-7-2-1-4-12(15)8-9-16(19)21-17/h1-10,17,21H,11H2. The first kappa shape index (κ1) is 13.5. The Kier molecular flexibility index (Phi) is 3.23. The molecule has 1 aliphatic heterocycles. The Hall–Kier alpha value is -2.13. The highest BCUT2D eigenvalue weighted by Crippen LogP contribution is 2.37. The van der Waals surface area contributed by atoms with Crippen molar-refractivity contribution in [1.29, 1.82) is 0 Å². The van der Waals surface area contributed by atoms with Gasteiger partial charge in [0.05, 0.1) is 6.04 Å². The van der Waals surface area contributed by atoms with Crippen molar-refractivity contribution in [3.63, 3.8) is 0 Å². The number of hydrogen-bond acceptors (Lipinski definition) is 2. The summed E-state index contributed by atoms with van der Waals surface area (Å²) >= 11 is 3.50. The van der Waals surface area contributed by atoms with Gasteiger partial charge in [0.15, 0.2) is 5.78 Å². The minimum Gasteiger partial charge on any atom is -0.377 e. The number of ketones is 1. The summed E-state index contributed by atoms with van der Waals surface area (Å²) in [4.78, 5) is 12.7. The second-order valence-corrected chi connectivity index (χ2v) is 6.50. The van der Waals surface area contributed by atoms with E-state index in [1.807, 2.05) is 42.5 Å². The van der Waals surface area contributed by atoms with Crippen LogP contribution in [0.4, 0.5) is 5.69 Å². The highest BCUT2D eigenvalue weighted by molar-refractivity contribution is 9.10. The molecule has 0 spiro atoms. The van der Waals surface area contributed by atoms with Gasteiger partial charge in [-0.1, -0.05) is 58.4 Å². The van der Waals surface area contributed by atoms with E-state index in [1.165, 1.54) is 0 Å². The van der Waals surface area contributed by atoms with Gasteiger partial charge in [0.2, 0.25) is 0 Å². The molecule has 2 nitrogen and oxygen atoms in total. The highest BCUT2D eigenvalue weighted by atomic mass is 79.9. The number of hydrogen-bond donors (Lipinski definition) is 1. The molecule has 4 rings (SSSR count). The van der Waals surface area contributed by atoms with Crippen molar-refractivity contribution in [1.82, 2.24) is 0 Å². The Morgan fingerprint density at radius 1 is 1.00 bits per heavy atom. The number of rotatable bonds is 1. The second kappa shape index (κ2) is 5.25. The number of nitrogens with one attached hydrogen (secondary N) is 1. The maximum Gasteiger partial charge on any atom is 0.167 e. The summed E-state index contributed by atoms with van der Waals surface area (Å²) in [5.74, 6) is 0.204. The molecule has 3 heteroatoms. The number of halogens is 1. The molecular formula is C19H14BrNO. The summed E-state index contributed by atoms with van der Waals surface area (Å²) in [5, 5.41) is 5.66. The first-order valence-electron chi connectivity index (χ1n) is 7.29. The van der Waals surface area contributed by atoms with Gasteiger partial charge >= 0.3 is 0 Å². The summed E-state index contributed by atoms with van der Waals surface area (Å²) < 4.78 is 1.03. The molecule has 1 N–H and O–H groups in total. The molecule has 0 saturated heterocycles. The molecule has 0 aromatic heterocycles. The number of carbonyl (C=O) groups excluding carboxylic acids is 1. The van der Waals surface area contributed by atoms with E-state index in [1.54, 1.807) is 0 Å². The third kappa shape index (κ3) is 2.22. The second-order valence-electron chi connectivity index (χ2n) is 5.59. The predicted octanol–water partition coefficient (Wildman–Crippen LogP) is 5.34. The molecule has 0 bridgehead atoms. The quantitative estimate of drug-likeness (QED) is 0.640. The van der Waals surface area contributed by atoms with Gasteiger partial charge in [-0.15, -0.1) is 0 Å². The van der Waals surface area contributed by atoms with E-state index in [4.69, 9.17) is 0 Å². The largest absolute Gasteiger partial charge is 0.377 e. The first-order chi connectivity index (χ1) is 10.7. The van der Waals surface area contributed by atoms with E-state index in [2.05, 4.69) is 39.4 Å². The fourth-order valence-corrected chi connectivity index (χ4v) is 3.56. The van der Waals surface area contributed by atoms with Gasteiger partial charge in [0, 0.05) is 22.1 Å². The van der Waals surface area contributed by atoms with Crippen molar-refractivity contribution < 1.29 is 4.79 Å². The molecule has 3 aromatic rings. The van der Waals surface area contributed by atoms with Gasteiger partial charge in [0.25, 0.3) is 0 Å². The third-order valence-corrected chi connectivity index (χ3v) is 4.67. The molecule has 0 aliphatic carbocycles. The SMILES string of the molecule is O=C1CC(c2cccc(Br)c2)Nc2ccc3ccccc3c21. The first-order valence-corrected chi connectivity index (χ1v) is 8.08. The van der Waals surface area contributed by atoms with Crippen LogP contribution in [0.15, 0.2) is 65.1 Å². The lowest BCUT2D eigenvalue weighted by Crippen LogP contribution is -2.23. The van der Waals surface area contributed by atoms with Gasteiger partial charge in [-0.05, 0) is 34.5 Å². The van der Waals surface area contributed by atoms with Gasteiger partial charge in [-0.25, -0.2) is 0 Å². The smallest absolute Gasteiger partial charge is 0.167 e. The van der Waals surface area contributed by atoms with Crippen LogP contribution in [-0.4, -0.2) is 5.78 Å². The van der Waals surface area contributed by atoms with E-state index in [9.17, 15) is 4.79 Å². The summed E-state index contributed by atoms with van der Waals surface area (Å²) in [6.07, 6.45) is 0.484. The van der Waals surface area contributed by atoms with Crippen LogP contribution in [0, 0.1) is 0 Å². The maximum absolute atomic E-state index is 12.7. The lowest BCUT2D eigenvalue weighted by atomic mass is 9.89. The highest BCUT2D eigenvalue weighted by Gasteiger charge is 2.27. The zero-order valence-corrected chi connectivity index (χ0v) is 13.4. The predicted molar refractivity (Wildman–Crippen MR) is 93.4 cm³/mol. The molecular weight excluding hydrogens is 338 g/mol. The lowest BCUT2D eigenvalue weighted by molar-refractivity contribution is 0.0974. The van der Waals surface area contributed by atoms with Gasteiger partial charge < -0.3 is 5.32 Å². The monoisotopic (exact) mass is 351 g/mol. The Morgan fingerprint density at radius 3 is 2.73 bits per heavy atom. The van der Waals surface area contributed by atoms with Crippen molar-refractivity contribution in [2.45, 2.75) is 12.5 Å². The summed E-state index contributed by atoms with van der Waals surface area (Å²) in [6, 6.07) is 20.3. The molecule has 0 saturated carbocycles. The molecule has 1 aliphatic rings. The van der Waals surface area contributed by atoms with Crippen LogP contribution in [0.1, 0.15) is 28.4 Å². The fourth-order valence-electron chi connectivity index (χ4n) is 3.14. The van der Waals surface area contributed by atoms with Crippen LogP contribution < -0.4 is 5.32 Å². The fraction of sp³-hybridized carbons (Fsp3) is 0.105. The van der Waals surface area contributed by atoms with E-state index >= 15 is 0 Å². The molecule has 3 aromatic carbocycles. The molecule has 1 unspecified atom stereocenters. The summed E-state index contributed by atoms with van der Waals surface area (Å²) in [7, 11) is 0. The van der Waals surface area contributed by atoms with Crippen LogP contribution in [0.5, 0.6) is 0 Å². The summed E-state index contributed by atoms with van der Waals surface area (Å²) in [6.45, 7) is 0. The average molecular weight is 352 g/mol. The van der Waals surface area contributed by atoms with E-state index in [-0.39, 0.29) is 11.8 Å². The zero-order chi connectivity index (χ0) is 15.1. The normalized spacial score (nSPS) is 17.1. The van der Waals surface area contributed by atoms with E-state index < -0.39 is 0 Å². The molecule has 1 heterocycles. The average Bonchev–Trinajstić information content (AvgIpc) is 2.54. The van der Waals surface area contributed by atoms with Crippen molar-refractivity contribution in [3.05, 3.63) is 76.3 Å². The lowest BCUT2D eigenvalue weighted by Gasteiger charge is -2.27. The molecule has 0 radical (unpaired) electrons. The molecule has 22 heavy (non-hydrogen) atoms. The molecule has 0 fully saturated rings.